The molecule has 1 aromatic carbocycles. The number of amides is 1. The Bertz CT molecular complexity index is 1000. The molecule has 0 unspecified atom stereocenters. The van der Waals surface area contributed by atoms with Gasteiger partial charge < -0.3 is 19.7 Å². The van der Waals surface area contributed by atoms with Crippen LogP contribution in [0.4, 0.5) is 5.69 Å². The lowest BCUT2D eigenvalue weighted by Crippen LogP contribution is -2.15. The van der Waals surface area contributed by atoms with E-state index < -0.39 is 5.97 Å². The van der Waals surface area contributed by atoms with Crippen LogP contribution < -0.4 is 10.1 Å². The summed E-state index contributed by atoms with van der Waals surface area (Å²) >= 11 is 0. The molecular weight excluding hydrogens is 378 g/mol. The van der Waals surface area contributed by atoms with E-state index in [1.807, 2.05) is 13.8 Å². The summed E-state index contributed by atoms with van der Waals surface area (Å²) in [5.41, 5.74) is 0.327. The number of rotatable bonds is 8. The summed E-state index contributed by atoms with van der Waals surface area (Å²) in [7, 11) is 0. The van der Waals surface area contributed by atoms with E-state index in [2.05, 4.69) is 25.4 Å². The van der Waals surface area contributed by atoms with E-state index in [4.69, 9.17) is 9.26 Å². The van der Waals surface area contributed by atoms with Crippen LogP contribution in [0.25, 0.3) is 11.6 Å². The number of carbonyl (C=O) groups excluding carboxylic acids is 1. The lowest BCUT2D eigenvalue weighted by atomic mass is 10.1. The molecule has 2 heterocycles. The number of hydrogen-bond donors (Lipinski definition) is 2. The third-order valence-electron chi connectivity index (χ3n) is 3.66. The minimum Gasteiger partial charge on any atom is -0.489 e. The first-order chi connectivity index (χ1) is 13.9. The van der Waals surface area contributed by atoms with E-state index in [1.54, 1.807) is 18.5 Å². The fourth-order valence-corrected chi connectivity index (χ4v) is 2.41. The highest BCUT2D eigenvalue weighted by Gasteiger charge is 2.15. The number of aromatic nitrogens is 4. The van der Waals surface area contributed by atoms with Crippen LogP contribution >= 0.6 is 0 Å². The van der Waals surface area contributed by atoms with E-state index in [-0.39, 0.29) is 47.8 Å². The standard InChI is InChI=1S/C19H19N5O5/c1-11(2)28-14-5-4-12(19(26)27)10-13(14)22-15(25)6-7-16-23-18(24-29-16)17-20-8-3-9-21-17/h3-5,8-11H,6-7H2,1-2H3,(H,22,25)(H,26,27). The molecule has 2 aromatic heterocycles. The molecule has 10 heteroatoms. The first kappa shape index (κ1) is 19.9. The zero-order valence-corrected chi connectivity index (χ0v) is 15.8. The maximum atomic E-state index is 12.4. The van der Waals surface area contributed by atoms with Crippen LogP contribution in [0.1, 0.15) is 36.5 Å². The van der Waals surface area contributed by atoms with Crippen LogP contribution in [0.2, 0.25) is 0 Å². The van der Waals surface area contributed by atoms with Gasteiger partial charge in [-0.25, -0.2) is 14.8 Å². The van der Waals surface area contributed by atoms with Gasteiger partial charge in [-0.3, -0.25) is 4.79 Å². The van der Waals surface area contributed by atoms with E-state index in [9.17, 15) is 14.7 Å². The number of hydrogen-bond acceptors (Lipinski definition) is 8. The highest BCUT2D eigenvalue weighted by atomic mass is 16.5. The monoisotopic (exact) mass is 397 g/mol. The smallest absolute Gasteiger partial charge is 0.335 e. The summed E-state index contributed by atoms with van der Waals surface area (Å²) in [6.45, 7) is 3.67. The fraction of sp³-hybridized carbons (Fsp3) is 0.263. The largest absolute Gasteiger partial charge is 0.489 e. The Hall–Kier alpha value is -3.82. The predicted octanol–water partition coefficient (Wildman–Crippen LogP) is 2.58. The highest BCUT2D eigenvalue weighted by molar-refractivity contribution is 5.95. The molecule has 0 aliphatic rings. The van der Waals surface area contributed by atoms with E-state index in [0.29, 0.717) is 11.6 Å². The van der Waals surface area contributed by atoms with Crippen molar-refractivity contribution in [3.8, 4) is 17.4 Å². The molecule has 0 aliphatic heterocycles. The van der Waals surface area contributed by atoms with Crippen LogP contribution in [0, 0.1) is 0 Å². The summed E-state index contributed by atoms with van der Waals surface area (Å²) in [5.74, 6) is -0.231. The van der Waals surface area contributed by atoms with Crippen molar-refractivity contribution in [1.29, 1.82) is 0 Å². The summed E-state index contributed by atoms with van der Waals surface area (Å²) in [5, 5.41) is 15.6. The minimum absolute atomic E-state index is 0.0424. The second-order valence-electron chi connectivity index (χ2n) is 6.31. The Kier molecular flexibility index (Phi) is 6.12. The van der Waals surface area contributed by atoms with Crippen molar-refractivity contribution in [2.24, 2.45) is 0 Å². The number of ether oxygens (including phenoxy) is 1. The number of anilines is 1. The van der Waals surface area contributed by atoms with Gasteiger partial charge in [0.15, 0.2) is 0 Å². The molecule has 1 amide bonds. The first-order valence-corrected chi connectivity index (χ1v) is 8.86. The van der Waals surface area contributed by atoms with Gasteiger partial charge in [-0.2, -0.15) is 4.98 Å². The summed E-state index contributed by atoms with van der Waals surface area (Å²) in [4.78, 5) is 35.8. The number of carboxylic acid groups (broad SMARTS) is 1. The molecule has 10 nitrogen and oxygen atoms in total. The normalized spacial score (nSPS) is 10.7. The van der Waals surface area contributed by atoms with Gasteiger partial charge in [0.2, 0.25) is 23.4 Å². The zero-order valence-electron chi connectivity index (χ0n) is 15.8. The maximum absolute atomic E-state index is 12.4. The van der Waals surface area contributed by atoms with Gasteiger partial charge in [-0.15, -0.1) is 0 Å². The zero-order chi connectivity index (χ0) is 20.8. The van der Waals surface area contributed by atoms with Crippen LogP contribution in [-0.4, -0.2) is 43.2 Å². The third kappa shape index (κ3) is 5.34. The molecular formula is C19H19N5O5. The molecule has 3 rings (SSSR count). The average molecular weight is 397 g/mol. The summed E-state index contributed by atoms with van der Waals surface area (Å²) < 4.78 is 10.8. The minimum atomic E-state index is -1.10. The average Bonchev–Trinajstić information content (AvgIpc) is 3.17. The van der Waals surface area contributed by atoms with Gasteiger partial charge in [0.25, 0.3) is 0 Å². The molecule has 2 N–H and O–H groups in total. The van der Waals surface area contributed by atoms with Crippen molar-refractivity contribution in [1.82, 2.24) is 20.1 Å². The molecule has 0 atom stereocenters. The van der Waals surface area contributed by atoms with Gasteiger partial charge in [-0.1, -0.05) is 5.16 Å². The molecule has 0 saturated heterocycles. The molecule has 0 aliphatic carbocycles. The van der Waals surface area contributed by atoms with Crippen LogP contribution in [-0.2, 0) is 11.2 Å². The second kappa shape index (κ2) is 8.91. The number of carboxylic acids is 1. The molecule has 0 radical (unpaired) electrons. The molecule has 0 saturated carbocycles. The SMILES string of the molecule is CC(C)Oc1ccc(C(=O)O)cc1NC(=O)CCc1nc(-c2ncccn2)no1. The molecule has 0 fully saturated rings. The highest BCUT2D eigenvalue weighted by Crippen LogP contribution is 2.27. The van der Waals surface area contributed by atoms with Crippen molar-refractivity contribution in [3.63, 3.8) is 0 Å². The second-order valence-corrected chi connectivity index (χ2v) is 6.31. The van der Waals surface area contributed by atoms with Gasteiger partial charge in [0.1, 0.15) is 5.75 Å². The maximum Gasteiger partial charge on any atom is 0.335 e. The van der Waals surface area contributed by atoms with Crippen LogP contribution in [0.5, 0.6) is 5.75 Å². The van der Waals surface area contributed by atoms with Crippen molar-refractivity contribution < 1.29 is 24.0 Å². The Morgan fingerprint density at radius 3 is 2.66 bits per heavy atom. The van der Waals surface area contributed by atoms with E-state index in [1.165, 1.54) is 18.2 Å². The molecule has 3 aromatic rings. The van der Waals surface area contributed by atoms with Crippen molar-refractivity contribution in [2.45, 2.75) is 32.8 Å². The number of benzene rings is 1. The van der Waals surface area contributed by atoms with Crippen LogP contribution in [0.3, 0.4) is 0 Å². The van der Waals surface area contributed by atoms with E-state index in [0.717, 1.165) is 0 Å². The topological polar surface area (TPSA) is 140 Å². The molecule has 0 bridgehead atoms. The summed E-state index contributed by atoms with van der Waals surface area (Å²) in [6, 6.07) is 5.96. The molecule has 150 valence electrons. The van der Waals surface area contributed by atoms with Gasteiger partial charge >= 0.3 is 5.97 Å². The fourth-order valence-electron chi connectivity index (χ4n) is 2.41. The number of carbonyl (C=O) groups is 2. The summed E-state index contributed by atoms with van der Waals surface area (Å²) in [6.07, 6.45) is 3.24. The van der Waals surface area contributed by atoms with E-state index >= 15 is 0 Å². The third-order valence-corrected chi connectivity index (χ3v) is 3.66. The Labute approximate surface area is 166 Å². The Balaban J connectivity index is 1.65. The van der Waals surface area contributed by atoms with Crippen molar-refractivity contribution in [3.05, 3.63) is 48.1 Å². The van der Waals surface area contributed by atoms with Crippen LogP contribution in [0.15, 0.2) is 41.2 Å². The Morgan fingerprint density at radius 1 is 1.21 bits per heavy atom. The predicted molar refractivity (Wildman–Crippen MR) is 101 cm³/mol. The van der Waals surface area contributed by atoms with Gasteiger partial charge in [-0.05, 0) is 38.1 Å². The number of aryl methyl sites for hydroxylation is 1. The number of nitrogens with zero attached hydrogens (tertiary/aromatic N) is 4. The lowest BCUT2D eigenvalue weighted by Gasteiger charge is -2.15. The lowest BCUT2D eigenvalue weighted by molar-refractivity contribution is -0.116. The quantitative estimate of drug-likeness (QED) is 0.586. The number of nitrogens with one attached hydrogen (secondary N) is 1. The first-order valence-electron chi connectivity index (χ1n) is 8.86. The van der Waals surface area contributed by atoms with Crippen molar-refractivity contribution in [2.75, 3.05) is 5.32 Å². The van der Waals surface area contributed by atoms with Gasteiger partial charge in [0, 0.05) is 25.2 Å². The molecule has 0 spiro atoms. The molecule has 29 heavy (non-hydrogen) atoms. The number of aromatic carboxylic acids is 1. The van der Waals surface area contributed by atoms with Crippen molar-refractivity contribution >= 4 is 17.6 Å². The van der Waals surface area contributed by atoms with Gasteiger partial charge in [0.05, 0.1) is 17.4 Å². The Morgan fingerprint density at radius 2 is 1.97 bits per heavy atom.